The van der Waals surface area contributed by atoms with Gasteiger partial charge in [-0.15, -0.1) is 0 Å². The smallest absolute Gasteiger partial charge is 0.127 e. The summed E-state index contributed by atoms with van der Waals surface area (Å²) >= 11 is 0. The van der Waals surface area contributed by atoms with Crippen LogP contribution in [0.4, 0.5) is 0 Å². The van der Waals surface area contributed by atoms with Crippen molar-refractivity contribution in [3.05, 3.63) is 23.8 Å². The molecule has 1 aromatic carbocycles. The van der Waals surface area contributed by atoms with Gasteiger partial charge in [0.2, 0.25) is 0 Å². The molecule has 1 heterocycles. The normalized spacial score (nSPS) is 24.4. The van der Waals surface area contributed by atoms with Crippen LogP contribution in [0.15, 0.2) is 18.2 Å². The van der Waals surface area contributed by atoms with Crippen molar-refractivity contribution in [2.45, 2.75) is 31.8 Å². The quantitative estimate of drug-likeness (QED) is 0.780. The highest BCUT2D eigenvalue weighted by molar-refractivity contribution is 5.45. The minimum atomic E-state index is -0.296. The number of hydrogen-bond acceptors (Lipinski definition) is 3. The highest BCUT2D eigenvalue weighted by Gasteiger charge is 2.31. The number of aliphatic hydroxyl groups excluding tert-OH is 1. The van der Waals surface area contributed by atoms with Gasteiger partial charge in [-0.3, -0.25) is 0 Å². The molecule has 1 unspecified atom stereocenters. The first-order chi connectivity index (χ1) is 7.14. The molecule has 3 nitrogen and oxygen atoms in total. The Bertz CT molecular complexity index is 362. The molecular formula is C12H16O3. The highest BCUT2D eigenvalue weighted by Crippen LogP contribution is 2.38. The topological polar surface area (TPSA) is 49.7 Å². The summed E-state index contributed by atoms with van der Waals surface area (Å²) in [5.74, 6) is 1.05. The van der Waals surface area contributed by atoms with Crippen molar-refractivity contribution in [2.75, 3.05) is 6.61 Å². The predicted molar refractivity (Wildman–Crippen MR) is 57.2 cm³/mol. The van der Waals surface area contributed by atoms with Crippen molar-refractivity contribution in [3.8, 4) is 11.5 Å². The number of aliphatic hydroxyl groups is 1. The van der Waals surface area contributed by atoms with Crippen LogP contribution in [0.2, 0.25) is 0 Å². The number of fused-ring (bicyclic) bond motifs is 1. The number of phenols is 1. The third-order valence-electron chi connectivity index (χ3n) is 3.01. The Labute approximate surface area is 89.3 Å². The van der Waals surface area contributed by atoms with E-state index in [-0.39, 0.29) is 12.2 Å². The summed E-state index contributed by atoms with van der Waals surface area (Å²) in [6.45, 7) is 2.13. The SMILES string of the molecule is CC1(CCO)CCc2c(O)cccc2O1. The molecule has 2 N–H and O–H groups in total. The Morgan fingerprint density at radius 1 is 1.47 bits per heavy atom. The molecule has 0 bridgehead atoms. The van der Waals surface area contributed by atoms with E-state index in [2.05, 4.69) is 0 Å². The van der Waals surface area contributed by atoms with Crippen LogP contribution in [0.3, 0.4) is 0 Å². The predicted octanol–water partition coefficient (Wildman–Crippen LogP) is 1.86. The van der Waals surface area contributed by atoms with E-state index in [0.29, 0.717) is 12.2 Å². The van der Waals surface area contributed by atoms with E-state index < -0.39 is 0 Å². The van der Waals surface area contributed by atoms with Crippen LogP contribution >= 0.6 is 0 Å². The highest BCUT2D eigenvalue weighted by atomic mass is 16.5. The Hall–Kier alpha value is -1.22. The summed E-state index contributed by atoms with van der Waals surface area (Å²) in [7, 11) is 0. The molecule has 82 valence electrons. The number of phenolic OH excluding ortho intramolecular Hbond substituents is 1. The number of benzene rings is 1. The Kier molecular flexibility index (Phi) is 2.57. The molecule has 0 saturated carbocycles. The first kappa shape index (κ1) is 10.3. The molecule has 1 aliphatic rings. The van der Waals surface area contributed by atoms with E-state index in [4.69, 9.17) is 9.84 Å². The zero-order chi connectivity index (χ0) is 10.9. The molecule has 3 heteroatoms. The maximum atomic E-state index is 9.63. The second kappa shape index (κ2) is 3.74. The molecule has 0 aromatic heterocycles. The maximum absolute atomic E-state index is 9.63. The largest absolute Gasteiger partial charge is 0.508 e. The molecule has 2 rings (SSSR count). The van der Waals surface area contributed by atoms with Crippen LogP contribution in [0, 0.1) is 0 Å². The van der Waals surface area contributed by atoms with Crippen molar-refractivity contribution in [1.29, 1.82) is 0 Å². The van der Waals surface area contributed by atoms with Crippen LogP contribution in [0.1, 0.15) is 25.3 Å². The van der Waals surface area contributed by atoms with Gasteiger partial charge in [-0.25, -0.2) is 0 Å². The Morgan fingerprint density at radius 3 is 3.00 bits per heavy atom. The van der Waals surface area contributed by atoms with Gasteiger partial charge < -0.3 is 14.9 Å². The fourth-order valence-electron chi connectivity index (χ4n) is 2.02. The lowest BCUT2D eigenvalue weighted by Gasteiger charge is -2.35. The lowest BCUT2D eigenvalue weighted by Crippen LogP contribution is -2.37. The molecule has 1 aromatic rings. The molecule has 1 atom stereocenters. The molecular weight excluding hydrogens is 192 g/mol. The van der Waals surface area contributed by atoms with Crippen LogP contribution < -0.4 is 4.74 Å². The van der Waals surface area contributed by atoms with Gasteiger partial charge in [-0.2, -0.15) is 0 Å². The summed E-state index contributed by atoms with van der Waals surface area (Å²) in [5, 5.41) is 18.6. The molecule has 0 amide bonds. The summed E-state index contributed by atoms with van der Waals surface area (Å²) in [6, 6.07) is 5.32. The molecule has 15 heavy (non-hydrogen) atoms. The van der Waals surface area contributed by atoms with Crippen molar-refractivity contribution < 1.29 is 14.9 Å². The lowest BCUT2D eigenvalue weighted by atomic mass is 9.90. The minimum Gasteiger partial charge on any atom is -0.508 e. The zero-order valence-corrected chi connectivity index (χ0v) is 8.86. The average Bonchev–Trinajstić information content (AvgIpc) is 2.17. The van der Waals surface area contributed by atoms with E-state index in [1.807, 2.05) is 13.0 Å². The van der Waals surface area contributed by atoms with E-state index in [1.165, 1.54) is 0 Å². The van der Waals surface area contributed by atoms with Crippen LogP contribution in [-0.4, -0.2) is 22.4 Å². The molecule has 0 aliphatic carbocycles. The zero-order valence-electron chi connectivity index (χ0n) is 8.86. The number of rotatable bonds is 2. The monoisotopic (exact) mass is 208 g/mol. The van der Waals surface area contributed by atoms with Gasteiger partial charge in [0.05, 0.1) is 0 Å². The van der Waals surface area contributed by atoms with Crippen LogP contribution in [0.25, 0.3) is 0 Å². The van der Waals surface area contributed by atoms with Gasteiger partial charge in [-0.1, -0.05) is 6.07 Å². The van der Waals surface area contributed by atoms with Gasteiger partial charge in [0.25, 0.3) is 0 Å². The molecule has 0 fully saturated rings. The van der Waals surface area contributed by atoms with Crippen molar-refractivity contribution in [3.63, 3.8) is 0 Å². The molecule has 0 saturated heterocycles. The molecule has 1 aliphatic heterocycles. The first-order valence-corrected chi connectivity index (χ1v) is 5.25. The lowest BCUT2D eigenvalue weighted by molar-refractivity contribution is 0.0383. The summed E-state index contributed by atoms with van der Waals surface area (Å²) < 4.78 is 5.82. The Morgan fingerprint density at radius 2 is 2.27 bits per heavy atom. The second-order valence-electron chi connectivity index (χ2n) is 4.28. The fourth-order valence-corrected chi connectivity index (χ4v) is 2.02. The maximum Gasteiger partial charge on any atom is 0.127 e. The van der Waals surface area contributed by atoms with Gasteiger partial charge in [0.15, 0.2) is 0 Å². The van der Waals surface area contributed by atoms with E-state index in [0.717, 1.165) is 24.2 Å². The molecule has 0 spiro atoms. The van der Waals surface area contributed by atoms with Gasteiger partial charge >= 0.3 is 0 Å². The summed E-state index contributed by atoms with van der Waals surface area (Å²) in [6.07, 6.45) is 2.26. The summed E-state index contributed by atoms with van der Waals surface area (Å²) in [4.78, 5) is 0. The standard InChI is InChI=1S/C12H16O3/c1-12(7-8-13)6-5-9-10(14)3-2-4-11(9)15-12/h2-4,13-14H,5-8H2,1H3. The average molecular weight is 208 g/mol. The molecule has 0 radical (unpaired) electrons. The summed E-state index contributed by atoms with van der Waals surface area (Å²) in [5.41, 5.74) is 0.586. The third-order valence-corrected chi connectivity index (χ3v) is 3.01. The minimum absolute atomic E-state index is 0.130. The Balaban J connectivity index is 2.27. The first-order valence-electron chi connectivity index (χ1n) is 5.25. The van der Waals surface area contributed by atoms with Crippen LogP contribution in [0.5, 0.6) is 11.5 Å². The number of ether oxygens (including phenoxy) is 1. The van der Waals surface area contributed by atoms with E-state index in [1.54, 1.807) is 12.1 Å². The van der Waals surface area contributed by atoms with E-state index in [9.17, 15) is 5.11 Å². The van der Waals surface area contributed by atoms with Crippen molar-refractivity contribution in [2.24, 2.45) is 0 Å². The van der Waals surface area contributed by atoms with Gasteiger partial charge in [0, 0.05) is 18.6 Å². The van der Waals surface area contributed by atoms with Gasteiger partial charge in [-0.05, 0) is 31.9 Å². The second-order valence-corrected chi connectivity index (χ2v) is 4.28. The van der Waals surface area contributed by atoms with E-state index >= 15 is 0 Å². The fraction of sp³-hybridized carbons (Fsp3) is 0.500. The van der Waals surface area contributed by atoms with Crippen LogP contribution in [-0.2, 0) is 6.42 Å². The van der Waals surface area contributed by atoms with Crippen molar-refractivity contribution >= 4 is 0 Å². The van der Waals surface area contributed by atoms with Gasteiger partial charge in [0.1, 0.15) is 17.1 Å². The third kappa shape index (κ3) is 1.92. The number of aromatic hydroxyl groups is 1. The number of hydrogen-bond donors (Lipinski definition) is 2. The van der Waals surface area contributed by atoms with Crippen molar-refractivity contribution in [1.82, 2.24) is 0 Å².